The van der Waals surface area contributed by atoms with Crippen LogP contribution in [0.3, 0.4) is 0 Å². The lowest BCUT2D eigenvalue weighted by molar-refractivity contribution is 0.0739. The van der Waals surface area contributed by atoms with E-state index in [4.69, 9.17) is 4.42 Å². The van der Waals surface area contributed by atoms with E-state index in [2.05, 4.69) is 15.1 Å². The SMILES string of the molecule is Fc1ccc([C@@H]2CCN2Cc2ccc(-c3ccn[nH]3)o2)cc1. The number of hydrogen-bond donors (Lipinski definition) is 1. The van der Waals surface area contributed by atoms with E-state index in [9.17, 15) is 4.39 Å². The van der Waals surface area contributed by atoms with Crippen LogP contribution in [0.2, 0.25) is 0 Å². The predicted molar refractivity (Wildman–Crippen MR) is 80.5 cm³/mol. The summed E-state index contributed by atoms with van der Waals surface area (Å²) in [4.78, 5) is 2.34. The van der Waals surface area contributed by atoms with Gasteiger partial charge in [-0.1, -0.05) is 12.1 Å². The highest BCUT2D eigenvalue weighted by Crippen LogP contribution is 2.35. The second kappa shape index (κ2) is 5.42. The molecule has 3 aromatic rings. The molecule has 4 rings (SSSR count). The quantitative estimate of drug-likeness (QED) is 0.797. The van der Waals surface area contributed by atoms with E-state index >= 15 is 0 Å². The summed E-state index contributed by atoms with van der Waals surface area (Å²) >= 11 is 0. The summed E-state index contributed by atoms with van der Waals surface area (Å²) in [6.45, 7) is 1.79. The van der Waals surface area contributed by atoms with Crippen LogP contribution in [0.4, 0.5) is 4.39 Å². The van der Waals surface area contributed by atoms with Crippen LogP contribution in [0.5, 0.6) is 0 Å². The minimum Gasteiger partial charge on any atom is -0.458 e. The maximum atomic E-state index is 13.0. The number of nitrogens with zero attached hydrogens (tertiary/aromatic N) is 2. The van der Waals surface area contributed by atoms with Crippen molar-refractivity contribution in [1.82, 2.24) is 15.1 Å². The average molecular weight is 297 g/mol. The van der Waals surface area contributed by atoms with Gasteiger partial charge in [0.1, 0.15) is 17.3 Å². The molecule has 0 radical (unpaired) electrons. The zero-order valence-corrected chi connectivity index (χ0v) is 12.0. The van der Waals surface area contributed by atoms with Gasteiger partial charge < -0.3 is 4.42 Å². The average Bonchev–Trinajstić information content (AvgIpc) is 3.17. The Kier molecular flexibility index (Phi) is 3.27. The number of aromatic nitrogens is 2. The van der Waals surface area contributed by atoms with Gasteiger partial charge in [0.25, 0.3) is 0 Å². The first kappa shape index (κ1) is 13.3. The molecule has 1 aromatic carbocycles. The molecule has 3 heterocycles. The third kappa shape index (κ3) is 2.44. The molecule has 5 heteroatoms. The predicted octanol–water partition coefficient (Wildman–Crippen LogP) is 3.76. The molecule has 0 aliphatic carbocycles. The number of likely N-dealkylation sites (tertiary alicyclic amines) is 1. The van der Waals surface area contributed by atoms with E-state index in [1.54, 1.807) is 6.20 Å². The number of hydrogen-bond acceptors (Lipinski definition) is 3. The standard InChI is InChI=1S/C17H16FN3O/c18-13-3-1-12(2-4-13)16-8-10-21(16)11-14-5-6-17(22-14)15-7-9-19-20-15/h1-7,9,16H,8,10-11H2,(H,19,20)/t16-/m0/s1. The van der Waals surface area contributed by atoms with Crippen molar-refractivity contribution in [1.29, 1.82) is 0 Å². The Balaban J connectivity index is 1.46. The van der Waals surface area contributed by atoms with Gasteiger partial charge in [0, 0.05) is 18.8 Å². The number of furan rings is 1. The molecule has 0 saturated carbocycles. The Hall–Kier alpha value is -2.40. The van der Waals surface area contributed by atoms with Crippen molar-refractivity contribution in [3.8, 4) is 11.5 Å². The summed E-state index contributed by atoms with van der Waals surface area (Å²) in [6, 6.07) is 13.0. The normalized spacial score (nSPS) is 18.3. The zero-order chi connectivity index (χ0) is 14.9. The Morgan fingerprint density at radius 3 is 2.73 bits per heavy atom. The van der Waals surface area contributed by atoms with Crippen molar-refractivity contribution in [2.24, 2.45) is 0 Å². The van der Waals surface area contributed by atoms with Gasteiger partial charge >= 0.3 is 0 Å². The van der Waals surface area contributed by atoms with Crippen LogP contribution in [0, 0.1) is 5.82 Å². The van der Waals surface area contributed by atoms with E-state index in [0.29, 0.717) is 6.04 Å². The number of benzene rings is 1. The fraction of sp³-hybridized carbons (Fsp3) is 0.235. The molecule has 1 saturated heterocycles. The molecule has 112 valence electrons. The largest absolute Gasteiger partial charge is 0.458 e. The number of halogens is 1. The fourth-order valence-electron chi connectivity index (χ4n) is 2.89. The van der Waals surface area contributed by atoms with Gasteiger partial charge in [-0.2, -0.15) is 5.10 Å². The lowest BCUT2D eigenvalue weighted by Gasteiger charge is -2.40. The number of H-pyrrole nitrogens is 1. The van der Waals surface area contributed by atoms with Gasteiger partial charge in [0.15, 0.2) is 5.76 Å². The second-order valence-electron chi connectivity index (χ2n) is 5.56. The lowest BCUT2D eigenvalue weighted by atomic mass is 9.94. The summed E-state index contributed by atoms with van der Waals surface area (Å²) in [5.41, 5.74) is 2.04. The maximum absolute atomic E-state index is 13.0. The van der Waals surface area contributed by atoms with Gasteiger partial charge in [-0.25, -0.2) is 4.39 Å². The van der Waals surface area contributed by atoms with Crippen molar-refractivity contribution in [3.63, 3.8) is 0 Å². The topological polar surface area (TPSA) is 45.1 Å². The first-order chi connectivity index (χ1) is 10.8. The Bertz CT molecular complexity index is 749. The molecule has 2 aromatic heterocycles. The molecule has 0 unspecified atom stereocenters. The molecule has 1 aliphatic heterocycles. The van der Waals surface area contributed by atoms with Crippen LogP contribution in [0.25, 0.3) is 11.5 Å². The van der Waals surface area contributed by atoms with E-state index in [-0.39, 0.29) is 5.82 Å². The summed E-state index contributed by atoms with van der Waals surface area (Å²) in [5.74, 6) is 1.53. The molecule has 1 atom stereocenters. The van der Waals surface area contributed by atoms with Gasteiger partial charge in [0.2, 0.25) is 0 Å². The summed E-state index contributed by atoms with van der Waals surface area (Å²) in [7, 11) is 0. The van der Waals surface area contributed by atoms with E-state index < -0.39 is 0 Å². The molecule has 0 bridgehead atoms. The minimum atomic E-state index is -0.190. The molecule has 1 fully saturated rings. The minimum absolute atomic E-state index is 0.190. The molecular formula is C17H16FN3O. The van der Waals surface area contributed by atoms with Gasteiger partial charge in [-0.15, -0.1) is 0 Å². The molecule has 1 N–H and O–H groups in total. The zero-order valence-electron chi connectivity index (χ0n) is 12.0. The lowest BCUT2D eigenvalue weighted by Crippen LogP contribution is -2.40. The van der Waals surface area contributed by atoms with Crippen LogP contribution < -0.4 is 0 Å². The highest BCUT2D eigenvalue weighted by Gasteiger charge is 2.30. The maximum Gasteiger partial charge on any atom is 0.152 e. The highest BCUT2D eigenvalue weighted by atomic mass is 19.1. The van der Waals surface area contributed by atoms with Crippen molar-refractivity contribution in [2.75, 3.05) is 6.54 Å². The Morgan fingerprint density at radius 1 is 1.18 bits per heavy atom. The van der Waals surface area contributed by atoms with Crippen LogP contribution in [0.15, 0.2) is 53.1 Å². The summed E-state index contributed by atoms with van der Waals surface area (Å²) in [5, 5.41) is 6.82. The van der Waals surface area contributed by atoms with Gasteiger partial charge in [-0.05, 0) is 42.3 Å². The van der Waals surface area contributed by atoms with E-state index in [0.717, 1.165) is 42.3 Å². The third-order valence-electron chi connectivity index (χ3n) is 4.17. The van der Waals surface area contributed by atoms with E-state index in [1.165, 1.54) is 12.1 Å². The molecule has 22 heavy (non-hydrogen) atoms. The van der Waals surface area contributed by atoms with Crippen molar-refractivity contribution in [3.05, 3.63) is 65.8 Å². The van der Waals surface area contributed by atoms with E-state index in [1.807, 2.05) is 30.3 Å². The first-order valence-electron chi connectivity index (χ1n) is 7.37. The second-order valence-corrected chi connectivity index (χ2v) is 5.56. The Labute approximate surface area is 127 Å². The summed E-state index contributed by atoms with van der Waals surface area (Å²) < 4.78 is 18.9. The molecule has 4 nitrogen and oxygen atoms in total. The fourth-order valence-corrected chi connectivity index (χ4v) is 2.89. The Morgan fingerprint density at radius 2 is 2.05 bits per heavy atom. The molecule has 0 amide bonds. The van der Waals surface area contributed by atoms with Crippen molar-refractivity contribution in [2.45, 2.75) is 19.0 Å². The number of rotatable bonds is 4. The first-order valence-corrected chi connectivity index (χ1v) is 7.37. The monoisotopic (exact) mass is 297 g/mol. The molecule has 1 aliphatic rings. The third-order valence-corrected chi connectivity index (χ3v) is 4.17. The molecule has 0 spiro atoms. The van der Waals surface area contributed by atoms with Crippen molar-refractivity contribution < 1.29 is 8.81 Å². The van der Waals surface area contributed by atoms with Gasteiger partial charge in [0.05, 0.1) is 6.54 Å². The smallest absolute Gasteiger partial charge is 0.152 e. The number of nitrogens with one attached hydrogen (secondary N) is 1. The number of aromatic amines is 1. The van der Waals surface area contributed by atoms with Crippen LogP contribution in [0.1, 0.15) is 23.8 Å². The molecular weight excluding hydrogens is 281 g/mol. The van der Waals surface area contributed by atoms with Crippen molar-refractivity contribution >= 4 is 0 Å². The highest BCUT2D eigenvalue weighted by molar-refractivity contribution is 5.51. The van der Waals surface area contributed by atoms with Gasteiger partial charge in [-0.3, -0.25) is 10.00 Å². The van der Waals surface area contributed by atoms with Crippen LogP contribution in [-0.2, 0) is 6.54 Å². The van der Waals surface area contributed by atoms with Crippen LogP contribution >= 0.6 is 0 Å². The summed E-state index contributed by atoms with van der Waals surface area (Å²) in [6.07, 6.45) is 2.80. The van der Waals surface area contributed by atoms with Crippen LogP contribution in [-0.4, -0.2) is 21.6 Å².